The fourth-order valence-corrected chi connectivity index (χ4v) is 3.19. The zero-order valence-electron chi connectivity index (χ0n) is 11.6. The molecule has 2 atom stereocenters. The summed E-state index contributed by atoms with van der Waals surface area (Å²) >= 11 is 5.96. The van der Waals surface area contributed by atoms with Gasteiger partial charge in [0.15, 0.2) is 0 Å². The van der Waals surface area contributed by atoms with Crippen LogP contribution in [0.4, 0.5) is 0 Å². The van der Waals surface area contributed by atoms with Crippen LogP contribution >= 0.6 is 11.6 Å². The van der Waals surface area contributed by atoms with E-state index >= 15 is 0 Å². The Morgan fingerprint density at radius 2 is 2.00 bits per heavy atom. The monoisotopic (exact) mass is 292 g/mol. The van der Waals surface area contributed by atoms with Crippen molar-refractivity contribution in [1.29, 1.82) is 0 Å². The molecule has 0 aromatic heterocycles. The molecule has 1 amide bonds. The summed E-state index contributed by atoms with van der Waals surface area (Å²) in [6.07, 6.45) is 4.63. The van der Waals surface area contributed by atoms with E-state index in [1.54, 1.807) is 0 Å². The summed E-state index contributed by atoms with van der Waals surface area (Å²) in [5.41, 5.74) is 1.18. The van der Waals surface area contributed by atoms with Crippen molar-refractivity contribution >= 4 is 17.5 Å². The number of halogens is 1. The Morgan fingerprint density at radius 3 is 2.55 bits per heavy atom. The molecule has 2 N–H and O–H groups in total. The number of rotatable bonds is 4. The Balaban J connectivity index is 1.72. The van der Waals surface area contributed by atoms with E-state index in [1.165, 1.54) is 24.8 Å². The normalized spacial score (nSPS) is 24.1. The molecule has 1 aromatic rings. The zero-order valence-corrected chi connectivity index (χ0v) is 12.3. The van der Waals surface area contributed by atoms with Gasteiger partial charge >= 0.3 is 0 Å². The van der Waals surface area contributed by atoms with Crippen LogP contribution in [0.3, 0.4) is 0 Å². The first-order valence-corrected chi connectivity index (χ1v) is 7.88. The van der Waals surface area contributed by atoms with E-state index in [0.29, 0.717) is 5.92 Å². The van der Waals surface area contributed by atoms with Gasteiger partial charge in [-0.15, -0.1) is 0 Å². The molecule has 1 saturated heterocycles. The van der Waals surface area contributed by atoms with Crippen LogP contribution in [0.15, 0.2) is 24.3 Å². The second kappa shape index (κ2) is 6.15. The van der Waals surface area contributed by atoms with Gasteiger partial charge < -0.3 is 10.6 Å². The molecule has 0 spiro atoms. The number of nitrogens with one attached hydrogen (secondary N) is 2. The molecule has 0 radical (unpaired) electrons. The Labute approximate surface area is 125 Å². The third kappa shape index (κ3) is 2.99. The number of amides is 1. The molecule has 0 bridgehead atoms. The molecule has 2 aliphatic rings. The molecule has 1 saturated carbocycles. The van der Waals surface area contributed by atoms with Crippen molar-refractivity contribution in [2.75, 3.05) is 13.1 Å². The lowest BCUT2D eigenvalue weighted by molar-refractivity contribution is -0.125. The molecule has 108 valence electrons. The molecule has 3 rings (SSSR count). The highest BCUT2D eigenvalue weighted by atomic mass is 35.5. The van der Waals surface area contributed by atoms with Gasteiger partial charge in [-0.1, -0.05) is 30.2 Å². The molecule has 2 unspecified atom stereocenters. The summed E-state index contributed by atoms with van der Waals surface area (Å²) in [5, 5.41) is 7.27. The fraction of sp³-hybridized carbons (Fsp3) is 0.562. The van der Waals surface area contributed by atoms with Gasteiger partial charge in [0, 0.05) is 11.6 Å². The highest BCUT2D eigenvalue weighted by Crippen LogP contribution is 2.38. The molecule has 1 aromatic carbocycles. The van der Waals surface area contributed by atoms with Crippen LogP contribution in [0, 0.1) is 11.8 Å². The fourth-order valence-electron chi connectivity index (χ4n) is 3.07. The lowest BCUT2D eigenvalue weighted by Gasteiger charge is -2.35. The minimum Gasteiger partial charge on any atom is -0.349 e. The van der Waals surface area contributed by atoms with Crippen LogP contribution < -0.4 is 10.6 Å². The molecule has 1 aliphatic heterocycles. The van der Waals surface area contributed by atoms with E-state index in [-0.39, 0.29) is 17.9 Å². The summed E-state index contributed by atoms with van der Waals surface area (Å²) in [7, 11) is 0. The van der Waals surface area contributed by atoms with Crippen molar-refractivity contribution in [3.05, 3.63) is 34.9 Å². The summed E-state index contributed by atoms with van der Waals surface area (Å²) in [4.78, 5) is 12.4. The molecular weight excluding hydrogens is 272 g/mol. The second-order valence-corrected chi connectivity index (χ2v) is 6.35. The Kier molecular flexibility index (Phi) is 4.27. The summed E-state index contributed by atoms with van der Waals surface area (Å²) in [5.74, 6) is 0.904. The second-order valence-electron chi connectivity index (χ2n) is 5.92. The van der Waals surface area contributed by atoms with Gasteiger partial charge in [0.1, 0.15) is 0 Å². The van der Waals surface area contributed by atoms with Crippen molar-refractivity contribution < 1.29 is 4.79 Å². The molecule has 2 fully saturated rings. The van der Waals surface area contributed by atoms with Crippen molar-refractivity contribution in [3.8, 4) is 0 Å². The number of benzene rings is 1. The Morgan fingerprint density at radius 1 is 1.25 bits per heavy atom. The maximum absolute atomic E-state index is 12.4. The van der Waals surface area contributed by atoms with Crippen LogP contribution in [0.25, 0.3) is 0 Å². The quantitative estimate of drug-likeness (QED) is 0.896. The highest BCUT2D eigenvalue weighted by molar-refractivity contribution is 6.30. The van der Waals surface area contributed by atoms with Gasteiger partial charge in [0.05, 0.1) is 12.0 Å². The minimum absolute atomic E-state index is 0.130. The highest BCUT2D eigenvalue weighted by Gasteiger charge is 2.32. The molecule has 4 heteroatoms. The molecule has 20 heavy (non-hydrogen) atoms. The molecule has 1 heterocycles. The largest absolute Gasteiger partial charge is 0.349 e. The van der Waals surface area contributed by atoms with E-state index in [1.807, 2.05) is 24.3 Å². The summed E-state index contributed by atoms with van der Waals surface area (Å²) < 4.78 is 0. The van der Waals surface area contributed by atoms with Crippen molar-refractivity contribution in [1.82, 2.24) is 10.6 Å². The standard InChI is InChI=1S/C16H21ClN2O/c17-14-6-4-12(5-7-14)15(11-2-1-3-11)19-16(20)13-8-9-18-10-13/h4-7,11,13,15,18H,1-3,8-10H2,(H,19,20). The van der Waals surface area contributed by atoms with Gasteiger partial charge in [-0.2, -0.15) is 0 Å². The molecule has 3 nitrogen and oxygen atoms in total. The number of carbonyl (C=O) groups is 1. The van der Waals surface area contributed by atoms with Crippen LogP contribution in [-0.2, 0) is 4.79 Å². The average Bonchev–Trinajstić information content (AvgIpc) is 2.90. The SMILES string of the molecule is O=C(NC(c1ccc(Cl)cc1)C1CCC1)C1CCNC1. The van der Waals surface area contributed by atoms with Gasteiger partial charge in [0.2, 0.25) is 5.91 Å². The van der Waals surface area contributed by atoms with Crippen molar-refractivity contribution in [2.45, 2.75) is 31.7 Å². The van der Waals surface area contributed by atoms with Crippen LogP contribution in [0.2, 0.25) is 5.02 Å². The lowest BCUT2D eigenvalue weighted by Crippen LogP contribution is -2.40. The van der Waals surface area contributed by atoms with E-state index in [9.17, 15) is 4.79 Å². The zero-order chi connectivity index (χ0) is 13.9. The van der Waals surface area contributed by atoms with E-state index in [4.69, 9.17) is 11.6 Å². The number of hydrogen-bond acceptors (Lipinski definition) is 2. The smallest absolute Gasteiger partial charge is 0.224 e. The van der Waals surface area contributed by atoms with Crippen LogP contribution in [-0.4, -0.2) is 19.0 Å². The Bertz CT molecular complexity index is 464. The lowest BCUT2D eigenvalue weighted by atomic mass is 9.77. The number of carbonyl (C=O) groups excluding carboxylic acids is 1. The third-order valence-electron chi connectivity index (χ3n) is 4.58. The van der Waals surface area contributed by atoms with E-state index < -0.39 is 0 Å². The maximum atomic E-state index is 12.4. The summed E-state index contributed by atoms with van der Waals surface area (Å²) in [6, 6.07) is 8.04. The Hall–Kier alpha value is -1.06. The maximum Gasteiger partial charge on any atom is 0.224 e. The van der Waals surface area contributed by atoms with Gasteiger partial charge in [-0.25, -0.2) is 0 Å². The first-order chi connectivity index (χ1) is 9.74. The van der Waals surface area contributed by atoms with Gasteiger partial charge in [-0.05, 0) is 49.4 Å². The van der Waals surface area contributed by atoms with E-state index in [2.05, 4.69) is 10.6 Å². The first-order valence-electron chi connectivity index (χ1n) is 7.50. The third-order valence-corrected chi connectivity index (χ3v) is 4.83. The number of hydrogen-bond donors (Lipinski definition) is 2. The van der Waals surface area contributed by atoms with E-state index in [0.717, 1.165) is 24.5 Å². The minimum atomic E-state index is 0.130. The van der Waals surface area contributed by atoms with Crippen LogP contribution in [0.5, 0.6) is 0 Å². The predicted molar refractivity (Wildman–Crippen MR) is 80.7 cm³/mol. The molecule has 1 aliphatic carbocycles. The first kappa shape index (κ1) is 13.9. The van der Waals surface area contributed by atoms with Gasteiger partial charge in [-0.3, -0.25) is 4.79 Å². The average molecular weight is 293 g/mol. The van der Waals surface area contributed by atoms with Crippen molar-refractivity contribution in [2.24, 2.45) is 11.8 Å². The topological polar surface area (TPSA) is 41.1 Å². The molecular formula is C16H21ClN2O. The van der Waals surface area contributed by atoms with Crippen molar-refractivity contribution in [3.63, 3.8) is 0 Å². The van der Waals surface area contributed by atoms with Gasteiger partial charge in [0.25, 0.3) is 0 Å². The predicted octanol–water partition coefficient (Wildman–Crippen LogP) is 2.91. The summed E-state index contributed by atoms with van der Waals surface area (Å²) in [6.45, 7) is 1.76. The van der Waals surface area contributed by atoms with Crippen LogP contribution in [0.1, 0.15) is 37.3 Å².